The van der Waals surface area contributed by atoms with Crippen LogP contribution < -0.4 is 0 Å². The van der Waals surface area contributed by atoms with E-state index in [0.717, 1.165) is 18.4 Å². The fraction of sp³-hybridized carbons (Fsp3) is 0.550. The molecule has 0 saturated carbocycles. The van der Waals surface area contributed by atoms with Crippen molar-refractivity contribution in [3.05, 3.63) is 42.2 Å². The highest BCUT2D eigenvalue weighted by Gasteiger charge is 2.00. The molecule has 22 heavy (non-hydrogen) atoms. The zero-order valence-electron chi connectivity index (χ0n) is 13.9. The maximum Gasteiger partial charge on any atom is 0.310 e. The van der Waals surface area contributed by atoms with Gasteiger partial charge in [-0.15, -0.1) is 0 Å². The van der Waals surface area contributed by atoms with Crippen LogP contribution in [0.1, 0.15) is 76.7 Å². The average molecular weight is 302 g/mol. The molecule has 2 heteroatoms. The van der Waals surface area contributed by atoms with Gasteiger partial charge in [0.2, 0.25) is 0 Å². The topological polar surface area (TPSA) is 26.3 Å². The van der Waals surface area contributed by atoms with Crippen LogP contribution in [0.3, 0.4) is 0 Å². The van der Waals surface area contributed by atoms with Crippen LogP contribution in [0, 0.1) is 0 Å². The van der Waals surface area contributed by atoms with E-state index in [4.69, 9.17) is 4.74 Å². The molecule has 0 saturated heterocycles. The minimum atomic E-state index is -0.130. The summed E-state index contributed by atoms with van der Waals surface area (Å²) >= 11 is 0. The number of esters is 1. The van der Waals surface area contributed by atoms with E-state index < -0.39 is 0 Å². The molecule has 1 rings (SSSR count). The maximum absolute atomic E-state index is 11.6. The molecule has 0 heterocycles. The molecule has 2 nitrogen and oxygen atoms in total. The first-order valence-corrected chi connectivity index (χ1v) is 8.74. The first kappa shape index (κ1) is 18.5. The molecule has 0 spiro atoms. The van der Waals surface area contributed by atoms with Crippen LogP contribution in [-0.2, 0) is 9.53 Å². The van der Waals surface area contributed by atoms with Crippen molar-refractivity contribution in [2.24, 2.45) is 0 Å². The van der Waals surface area contributed by atoms with Crippen molar-refractivity contribution in [2.45, 2.75) is 71.1 Å². The molecule has 0 aliphatic rings. The number of rotatable bonds is 12. The van der Waals surface area contributed by atoms with Crippen molar-refractivity contribution < 1.29 is 9.53 Å². The average Bonchev–Trinajstić information content (AvgIpc) is 2.54. The van der Waals surface area contributed by atoms with E-state index in [1.165, 1.54) is 51.2 Å². The van der Waals surface area contributed by atoms with Crippen LogP contribution in [0.2, 0.25) is 0 Å². The summed E-state index contributed by atoms with van der Waals surface area (Å²) in [5.74, 6) is -0.130. The number of hydrogen-bond donors (Lipinski definition) is 0. The molecule has 0 unspecified atom stereocenters. The summed E-state index contributed by atoms with van der Waals surface area (Å²) in [5.41, 5.74) is 1.04. The Morgan fingerprint density at radius 2 is 1.50 bits per heavy atom. The van der Waals surface area contributed by atoms with Crippen molar-refractivity contribution in [2.75, 3.05) is 0 Å². The van der Waals surface area contributed by atoms with Gasteiger partial charge in [0.25, 0.3) is 0 Å². The highest BCUT2D eigenvalue weighted by atomic mass is 16.5. The van der Waals surface area contributed by atoms with Gasteiger partial charge in [0, 0.05) is 6.42 Å². The van der Waals surface area contributed by atoms with Crippen LogP contribution in [0.15, 0.2) is 36.6 Å². The quantitative estimate of drug-likeness (QED) is 0.264. The Labute approximate surface area is 135 Å². The van der Waals surface area contributed by atoms with E-state index >= 15 is 0 Å². The third kappa shape index (κ3) is 10.2. The predicted octanol–water partition coefficient (Wildman–Crippen LogP) is 6.12. The molecule has 1 aromatic rings. The van der Waals surface area contributed by atoms with E-state index in [1.54, 1.807) is 0 Å². The molecule has 0 atom stereocenters. The van der Waals surface area contributed by atoms with Gasteiger partial charge in [-0.25, -0.2) is 0 Å². The molecule has 0 aliphatic heterocycles. The van der Waals surface area contributed by atoms with Gasteiger partial charge < -0.3 is 4.74 Å². The molecular formula is C20H30O2. The zero-order chi connectivity index (χ0) is 15.9. The van der Waals surface area contributed by atoms with Gasteiger partial charge in [-0.1, -0.05) is 88.6 Å². The summed E-state index contributed by atoms with van der Waals surface area (Å²) in [7, 11) is 0. The molecule has 0 bridgehead atoms. The summed E-state index contributed by atoms with van der Waals surface area (Å²) in [6.07, 6.45) is 15.2. The monoisotopic (exact) mass is 302 g/mol. The third-order valence-corrected chi connectivity index (χ3v) is 3.74. The van der Waals surface area contributed by atoms with Crippen molar-refractivity contribution in [3.63, 3.8) is 0 Å². The molecule has 0 aliphatic carbocycles. The Kier molecular flexibility index (Phi) is 11.0. The largest absolute Gasteiger partial charge is 0.434 e. The smallest absolute Gasteiger partial charge is 0.310 e. The molecule has 0 amide bonds. The minimum absolute atomic E-state index is 0.130. The van der Waals surface area contributed by atoms with Gasteiger partial charge in [0.15, 0.2) is 0 Å². The second-order valence-electron chi connectivity index (χ2n) is 5.78. The Bertz CT molecular complexity index is 409. The fourth-order valence-corrected chi connectivity index (χ4v) is 2.39. The van der Waals surface area contributed by atoms with Crippen LogP contribution in [0.5, 0.6) is 0 Å². The SMILES string of the molecule is CCCCCCCCCCCC(=O)OC=Cc1ccccc1. The van der Waals surface area contributed by atoms with Gasteiger partial charge in [0.05, 0.1) is 6.26 Å². The molecular weight excluding hydrogens is 272 g/mol. The number of ether oxygens (including phenoxy) is 1. The lowest BCUT2D eigenvalue weighted by molar-refractivity contribution is -0.138. The maximum atomic E-state index is 11.6. The van der Waals surface area contributed by atoms with Gasteiger partial charge in [0.1, 0.15) is 0 Å². The molecule has 0 N–H and O–H groups in total. The van der Waals surface area contributed by atoms with Gasteiger partial charge in [-0.2, -0.15) is 0 Å². The van der Waals surface area contributed by atoms with E-state index in [-0.39, 0.29) is 5.97 Å². The number of carbonyl (C=O) groups is 1. The van der Waals surface area contributed by atoms with Crippen LogP contribution in [0.4, 0.5) is 0 Å². The van der Waals surface area contributed by atoms with E-state index in [2.05, 4.69) is 6.92 Å². The number of hydrogen-bond acceptors (Lipinski definition) is 2. The van der Waals surface area contributed by atoms with E-state index in [1.807, 2.05) is 36.4 Å². The standard InChI is InChI=1S/C20H30O2/c1-2-3-4-5-6-7-8-9-13-16-20(21)22-18-17-19-14-11-10-12-15-19/h10-12,14-15,17-18H,2-9,13,16H2,1H3. The van der Waals surface area contributed by atoms with Crippen molar-refractivity contribution in [1.29, 1.82) is 0 Å². The number of benzene rings is 1. The summed E-state index contributed by atoms with van der Waals surface area (Å²) in [6, 6.07) is 9.84. The minimum Gasteiger partial charge on any atom is -0.434 e. The highest BCUT2D eigenvalue weighted by molar-refractivity contribution is 5.70. The normalized spacial score (nSPS) is 11.0. The molecule has 0 radical (unpaired) electrons. The Hall–Kier alpha value is -1.57. The predicted molar refractivity (Wildman–Crippen MR) is 93.4 cm³/mol. The summed E-state index contributed by atoms with van der Waals surface area (Å²) in [5, 5.41) is 0. The zero-order valence-corrected chi connectivity index (χ0v) is 13.9. The van der Waals surface area contributed by atoms with E-state index in [9.17, 15) is 4.79 Å². The lowest BCUT2D eigenvalue weighted by Gasteiger charge is -2.02. The van der Waals surface area contributed by atoms with Gasteiger partial charge >= 0.3 is 5.97 Å². The van der Waals surface area contributed by atoms with Crippen LogP contribution in [-0.4, -0.2) is 5.97 Å². The second kappa shape index (κ2) is 13.1. The Morgan fingerprint density at radius 3 is 2.14 bits per heavy atom. The first-order valence-electron chi connectivity index (χ1n) is 8.74. The van der Waals surface area contributed by atoms with Crippen molar-refractivity contribution >= 4 is 12.0 Å². The summed E-state index contributed by atoms with van der Waals surface area (Å²) in [4.78, 5) is 11.6. The molecule has 0 aromatic heterocycles. The summed E-state index contributed by atoms with van der Waals surface area (Å²) in [6.45, 7) is 2.24. The first-order chi connectivity index (χ1) is 10.8. The third-order valence-electron chi connectivity index (χ3n) is 3.74. The van der Waals surface area contributed by atoms with Crippen molar-refractivity contribution in [1.82, 2.24) is 0 Å². The number of unbranched alkanes of at least 4 members (excludes halogenated alkanes) is 8. The number of carbonyl (C=O) groups excluding carboxylic acids is 1. The summed E-state index contributed by atoms with van der Waals surface area (Å²) < 4.78 is 5.10. The van der Waals surface area contributed by atoms with E-state index in [0.29, 0.717) is 6.42 Å². The second-order valence-corrected chi connectivity index (χ2v) is 5.78. The Balaban J connectivity index is 1.94. The Morgan fingerprint density at radius 1 is 0.909 bits per heavy atom. The van der Waals surface area contributed by atoms with Gasteiger partial charge in [-0.3, -0.25) is 4.79 Å². The van der Waals surface area contributed by atoms with Gasteiger partial charge in [-0.05, 0) is 18.1 Å². The van der Waals surface area contributed by atoms with Crippen LogP contribution >= 0.6 is 0 Å². The molecule has 0 fully saturated rings. The highest BCUT2D eigenvalue weighted by Crippen LogP contribution is 2.11. The van der Waals surface area contributed by atoms with Crippen molar-refractivity contribution in [3.8, 4) is 0 Å². The lowest BCUT2D eigenvalue weighted by atomic mass is 10.1. The molecule has 122 valence electrons. The van der Waals surface area contributed by atoms with Crippen LogP contribution in [0.25, 0.3) is 6.08 Å². The molecule has 1 aromatic carbocycles. The lowest BCUT2D eigenvalue weighted by Crippen LogP contribution is -1.98. The fourth-order valence-electron chi connectivity index (χ4n) is 2.39.